The fourth-order valence-electron chi connectivity index (χ4n) is 2.03. The molecule has 1 atom stereocenters. The van der Waals surface area contributed by atoms with Crippen molar-refractivity contribution in [1.82, 2.24) is 9.97 Å². The van der Waals surface area contributed by atoms with E-state index >= 15 is 0 Å². The number of hydrogen-bond acceptors (Lipinski definition) is 4. The highest BCUT2D eigenvalue weighted by Crippen LogP contribution is 2.31. The fraction of sp³-hybridized carbons (Fsp3) is 0.375. The molecule has 0 aliphatic carbocycles. The molecule has 0 saturated carbocycles. The van der Waals surface area contributed by atoms with E-state index in [1.807, 2.05) is 32.2 Å². The first kappa shape index (κ1) is 14.3. The van der Waals surface area contributed by atoms with Crippen LogP contribution in [0.4, 0.5) is 5.82 Å². The van der Waals surface area contributed by atoms with Crippen LogP contribution in [-0.2, 0) is 0 Å². The van der Waals surface area contributed by atoms with Crippen molar-refractivity contribution in [2.75, 3.05) is 12.4 Å². The third-order valence-corrected chi connectivity index (χ3v) is 3.35. The Kier molecular flexibility index (Phi) is 4.56. The average Bonchev–Trinajstić information content (AvgIpc) is 2.46. The summed E-state index contributed by atoms with van der Waals surface area (Å²) >= 11 is 0. The molecular formula is C16H21N3O. The molecule has 1 N–H and O–H groups in total. The summed E-state index contributed by atoms with van der Waals surface area (Å²) in [4.78, 5) is 8.60. The molecule has 2 rings (SSSR count). The first-order chi connectivity index (χ1) is 9.63. The van der Waals surface area contributed by atoms with Gasteiger partial charge >= 0.3 is 0 Å². The summed E-state index contributed by atoms with van der Waals surface area (Å²) in [5, 5.41) is 3.01. The summed E-state index contributed by atoms with van der Waals surface area (Å²) in [6.07, 6.45) is 1.07. The number of rotatable bonds is 5. The highest BCUT2D eigenvalue weighted by molar-refractivity contribution is 5.42. The minimum Gasteiger partial charge on any atom is -0.439 e. The highest BCUT2D eigenvalue weighted by atomic mass is 16.5. The van der Waals surface area contributed by atoms with Crippen molar-refractivity contribution < 1.29 is 4.74 Å². The molecule has 106 valence electrons. The SMILES string of the molecule is CCC(C)c1ccccc1Oc1cc(NC)nc(C)n1. The molecular weight excluding hydrogens is 250 g/mol. The number of aryl methyl sites for hydroxylation is 1. The van der Waals surface area contributed by atoms with Gasteiger partial charge in [-0.05, 0) is 30.9 Å². The van der Waals surface area contributed by atoms with Crippen molar-refractivity contribution in [3.63, 3.8) is 0 Å². The number of para-hydroxylation sites is 1. The Balaban J connectivity index is 2.32. The maximum atomic E-state index is 5.96. The molecule has 1 aromatic carbocycles. The van der Waals surface area contributed by atoms with Crippen molar-refractivity contribution in [1.29, 1.82) is 0 Å². The smallest absolute Gasteiger partial charge is 0.224 e. The van der Waals surface area contributed by atoms with Gasteiger partial charge in [0.2, 0.25) is 5.88 Å². The van der Waals surface area contributed by atoms with Gasteiger partial charge < -0.3 is 10.1 Å². The number of ether oxygens (including phenoxy) is 1. The van der Waals surface area contributed by atoms with Gasteiger partial charge in [-0.25, -0.2) is 4.98 Å². The molecule has 0 aliphatic rings. The lowest BCUT2D eigenvalue weighted by molar-refractivity contribution is 0.449. The van der Waals surface area contributed by atoms with Gasteiger partial charge in [-0.15, -0.1) is 0 Å². The molecule has 2 aromatic rings. The standard InChI is InChI=1S/C16H21N3O/c1-5-11(2)13-8-6-7-9-14(13)20-16-10-15(17-4)18-12(3)19-16/h6-11H,5H2,1-4H3,(H,17,18,19). The minimum absolute atomic E-state index is 0.456. The third-order valence-electron chi connectivity index (χ3n) is 3.35. The Morgan fingerprint density at radius 2 is 2.00 bits per heavy atom. The normalized spacial score (nSPS) is 12.0. The maximum Gasteiger partial charge on any atom is 0.224 e. The Bertz CT molecular complexity index is 584. The first-order valence-electron chi connectivity index (χ1n) is 6.94. The lowest BCUT2D eigenvalue weighted by Crippen LogP contribution is -2.01. The number of aromatic nitrogens is 2. The van der Waals surface area contributed by atoms with Gasteiger partial charge in [-0.1, -0.05) is 32.0 Å². The quantitative estimate of drug-likeness (QED) is 0.888. The van der Waals surface area contributed by atoms with Crippen LogP contribution in [0.2, 0.25) is 0 Å². The summed E-state index contributed by atoms with van der Waals surface area (Å²) < 4.78 is 5.96. The highest BCUT2D eigenvalue weighted by Gasteiger charge is 2.11. The fourth-order valence-corrected chi connectivity index (χ4v) is 2.03. The van der Waals surface area contributed by atoms with E-state index in [1.54, 1.807) is 6.07 Å². The molecule has 4 nitrogen and oxygen atoms in total. The number of anilines is 1. The van der Waals surface area contributed by atoms with Crippen molar-refractivity contribution in [3.8, 4) is 11.6 Å². The maximum absolute atomic E-state index is 5.96. The van der Waals surface area contributed by atoms with Crippen LogP contribution in [0.5, 0.6) is 11.6 Å². The molecule has 1 aromatic heterocycles. The topological polar surface area (TPSA) is 47.0 Å². The van der Waals surface area contributed by atoms with E-state index in [9.17, 15) is 0 Å². The molecule has 0 aliphatic heterocycles. The van der Waals surface area contributed by atoms with E-state index in [2.05, 4.69) is 35.2 Å². The average molecular weight is 271 g/mol. The van der Waals surface area contributed by atoms with Crippen molar-refractivity contribution >= 4 is 5.82 Å². The second-order valence-electron chi connectivity index (χ2n) is 4.84. The van der Waals surface area contributed by atoms with E-state index in [4.69, 9.17) is 4.74 Å². The number of benzene rings is 1. The van der Waals surface area contributed by atoms with E-state index in [-0.39, 0.29) is 0 Å². The second kappa shape index (κ2) is 6.37. The summed E-state index contributed by atoms with van der Waals surface area (Å²) in [6, 6.07) is 9.92. The Labute approximate surface area is 120 Å². The largest absolute Gasteiger partial charge is 0.439 e. The molecule has 0 fully saturated rings. The van der Waals surface area contributed by atoms with Crippen LogP contribution in [0.3, 0.4) is 0 Å². The Morgan fingerprint density at radius 1 is 1.25 bits per heavy atom. The van der Waals surface area contributed by atoms with Crippen molar-refractivity contribution in [2.24, 2.45) is 0 Å². The number of nitrogens with one attached hydrogen (secondary N) is 1. The van der Waals surface area contributed by atoms with Gasteiger partial charge in [0.1, 0.15) is 17.4 Å². The molecule has 0 bridgehead atoms. The van der Waals surface area contributed by atoms with Crippen LogP contribution < -0.4 is 10.1 Å². The summed E-state index contributed by atoms with van der Waals surface area (Å²) in [6.45, 7) is 6.23. The Hall–Kier alpha value is -2.10. The van der Waals surface area contributed by atoms with Crippen LogP contribution >= 0.6 is 0 Å². The molecule has 0 saturated heterocycles. The first-order valence-corrected chi connectivity index (χ1v) is 6.94. The van der Waals surface area contributed by atoms with Gasteiger partial charge in [0, 0.05) is 13.1 Å². The molecule has 1 unspecified atom stereocenters. The molecule has 20 heavy (non-hydrogen) atoms. The third kappa shape index (κ3) is 3.26. The second-order valence-corrected chi connectivity index (χ2v) is 4.84. The van der Waals surface area contributed by atoms with Crippen LogP contribution in [-0.4, -0.2) is 17.0 Å². The van der Waals surface area contributed by atoms with E-state index in [0.29, 0.717) is 17.6 Å². The van der Waals surface area contributed by atoms with Crippen LogP contribution in [0.25, 0.3) is 0 Å². The summed E-state index contributed by atoms with van der Waals surface area (Å²) in [5.74, 6) is 3.33. The van der Waals surface area contributed by atoms with Gasteiger partial charge in [0.05, 0.1) is 0 Å². The molecule has 1 heterocycles. The predicted octanol–water partition coefficient (Wildman–Crippen LogP) is 4.13. The minimum atomic E-state index is 0.456. The lowest BCUT2D eigenvalue weighted by atomic mass is 9.98. The molecule has 0 spiro atoms. The van der Waals surface area contributed by atoms with Crippen LogP contribution in [0, 0.1) is 6.92 Å². The molecule has 0 amide bonds. The Morgan fingerprint density at radius 3 is 2.70 bits per heavy atom. The summed E-state index contributed by atoms with van der Waals surface area (Å²) in [7, 11) is 1.83. The molecule has 4 heteroatoms. The van der Waals surface area contributed by atoms with Crippen LogP contribution in [0.15, 0.2) is 30.3 Å². The van der Waals surface area contributed by atoms with E-state index < -0.39 is 0 Å². The van der Waals surface area contributed by atoms with E-state index in [0.717, 1.165) is 18.0 Å². The van der Waals surface area contributed by atoms with Gasteiger partial charge in [-0.2, -0.15) is 4.98 Å². The number of nitrogens with zero attached hydrogens (tertiary/aromatic N) is 2. The zero-order valence-corrected chi connectivity index (χ0v) is 12.5. The van der Waals surface area contributed by atoms with Gasteiger partial charge in [-0.3, -0.25) is 0 Å². The van der Waals surface area contributed by atoms with Crippen molar-refractivity contribution in [3.05, 3.63) is 41.7 Å². The zero-order valence-electron chi connectivity index (χ0n) is 12.5. The van der Waals surface area contributed by atoms with E-state index in [1.165, 1.54) is 5.56 Å². The van der Waals surface area contributed by atoms with Gasteiger partial charge in [0.25, 0.3) is 0 Å². The van der Waals surface area contributed by atoms with Gasteiger partial charge in [0.15, 0.2) is 0 Å². The lowest BCUT2D eigenvalue weighted by Gasteiger charge is -2.15. The predicted molar refractivity (Wildman–Crippen MR) is 81.5 cm³/mol. The van der Waals surface area contributed by atoms with Crippen molar-refractivity contribution in [2.45, 2.75) is 33.1 Å². The van der Waals surface area contributed by atoms with Crippen LogP contribution in [0.1, 0.15) is 37.6 Å². The summed E-state index contributed by atoms with van der Waals surface area (Å²) in [5.41, 5.74) is 1.21. The monoisotopic (exact) mass is 271 g/mol. The molecule has 0 radical (unpaired) electrons. The number of hydrogen-bond donors (Lipinski definition) is 1. The zero-order chi connectivity index (χ0) is 14.5.